The maximum absolute atomic E-state index is 11.7. The molecule has 2 amide bonds. The third kappa shape index (κ3) is 5.89. The van der Waals surface area contributed by atoms with Crippen LogP contribution in [0.25, 0.3) is 0 Å². The second kappa shape index (κ2) is 7.40. The van der Waals surface area contributed by atoms with E-state index in [2.05, 4.69) is 10.4 Å². The number of nitrogens with one attached hydrogen (secondary N) is 1. The van der Waals surface area contributed by atoms with E-state index in [1.807, 2.05) is 13.2 Å². The molecule has 1 rings (SSSR count). The summed E-state index contributed by atoms with van der Waals surface area (Å²) < 4.78 is 1.72. The number of carboxylic acid groups (broad SMARTS) is 1. The molecule has 7 nitrogen and oxygen atoms in total. The first kappa shape index (κ1) is 15.0. The number of aromatic nitrogens is 2. The van der Waals surface area contributed by atoms with Gasteiger partial charge in [0, 0.05) is 39.8 Å². The van der Waals surface area contributed by atoms with Crippen molar-refractivity contribution in [1.82, 2.24) is 20.0 Å². The smallest absolute Gasteiger partial charge is 0.317 e. The molecular formula is C12H20N4O3. The molecule has 1 aromatic rings. The molecular weight excluding hydrogens is 248 g/mol. The molecule has 0 aliphatic rings. The van der Waals surface area contributed by atoms with Crippen LogP contribution in [-0.4, -0.2) is 51.9 Å². The normalized spacial score (nSPS) is 10.2. The second-order valence-electron chi connectivity index (χ2n) is 4.42. The third-order valence-corrected chi connectivity index (χ3v) is 2.68. The predicted molar refractivity (Wildman–Crippen MR) is 69.8 cm³/mol. The van der Waals surface area contributed by atoms with E-state index < -0.39 is 5.97 Å². The number of carboxylic acids is 1. The summed E-state index contributed by atoms with van der Waals surface area (Å²) in [7, 11) is 3.50. The zero-order chi connectivity index (χ0) is 14.3. The Morgan fingerprint density at radius 2 is 2.26 bits per heavy atom. The Labute approximate surface area is 112 Å². The Hall–Kier alpha value is -2.05. The average molecular weight is 268 g/mol. The van der Waals surface area contributed by atoms with E-state index in [1.54, 1.807) is 17.9 Å². The predicted octanol–water partition coefficient (Wildman–Crippen LogP) is 0.469. The van der Waals surface area contributed by atoms with Crippen LogP contribution in [0.1, 0.15) is 18.4 Å². The number of nitrogens with zero attached hydrogens (tertiary/aromatic N) is 3. The Bertz CT molecular complexity index is 430. The molecule has 0 aliphatic heterocycles. The van der Waals surface area contributed by atoms with Gasteiger partial charge < -0.3 is 15.3 Å². The molecule has 1 heterocycles. The topological polar surface area (TPSA) is 87.5 Å². The molecule has 0 bridgehead atoms. The summed E-state index contributed by atoms with van der Waals surface area (Å²) >= 11 is 0. The molecule has 0 fully saturated rings. The van der Waals surface area contributed by atoms with Crippen molar-refractivity contribution in [3.63, 3.8) is 0 Å². The van der Waals surface area contributed by atoms with E-state index in [9.17, 15) is 9.59 Å². The number of aryl methyl sites for hydroxylation is 1. The number of aliphatic carboxylic acids is 1. The van der Waals surface area contributed by atoms with Crippen molar-refractivity contribution in [3.8, 4) is 0 Å². The number of carbonyl (C=O) groups is 2. The summed E-state index contributed by atoms with van der Waals surface area (Å²) in [5.74, 6) is -0.842. The minimum absolute atomic E-state index is 0.0767. The van der Waals surface area contributed by atoms with Crippen molar-refractivity contribution in [1.29, 1.82) is 0 Å². The van der Waals surface area contributed by atoms with Crippen LogP contribution >= 0.6 is 0 Å². The van der Waals surface area contributed by atoms with Crippen molar-refractivity contribution in [2.75, 3.05) is 20.1 Å². The van der Waals surface area contributed by atoms with E-state index >= 15 is 0 Å². The van der Waals surface area contributed by atoms with Gasteiger partial charge in [0.05, 0.1) is 6.20 Å². The van der Waals surface area contributed by atoms with Crippen LogP contribution in [0.2, 0.25) is 0 Å². The van der Waals surface area contributed by atoms with Gasteiger partial charge in [-0.2, -0.15) is 5.10 Å². The second-order valence-corrected chi connectivity index (χ2v) is 4.42. The van der Waals surface area contributed by atoms with E-state index in [0.717, 1.165) is 12.0 Å². The molecule has 0 radical (unpaired) electrons. The summed E-state index contributed by atoms with van der Waals surface area (Å²) in [4.78, 5) is 23.5. The molecule has 0 aliphatic carbocycles. The maximum Gasteiger partial charge on any atom is 0.317 e. The third-order valence-electron chi connectivity index (χ3n) is 2.68. The van der Waals surface area contributed by atoms with E-state index in [-0.39, 0.29) is 12.5 Å². The number of amides is 2. The van der Waals surface area contributed by atoms with Gasteiger partial charge in [0.25, 0.3) is 0 Å². The zero-order valence-corrected chi connectivity index (χ0v) is 11.3. The average Bonchev–Trinajstić information content (AvgIpc) is 2.74. The van der Waals surface area contributed by atoms with Crippen LogP contribution in [0.5, 0.6) is 0 Å². The lowest BCUT2D eigenvalue weighted by molar-refractivity contribution is -0.137. The van der Waals surface area contributed by atoms with Gasteiger partial charge >= 0.3 is 12.0 Å². The number of hydrogen-bond acceptors (Lipinski definition) is 3. The van der Waals surface area contributed by atoms with Gasteiger partial charge in [0.2, 0.25) is 0 Å². The molecule has 0 saturated carbocycles. The number of urea groups is 1. The summed E-state index contributed by atoms with van der Waals surface area (Å²) in [6, 6.07) is -0.186. The molecule has 0 unspecified atom stereocenters. The minimum atomic E-state index is -0.842. The van der Waals surface area contributed by atoms with E-state index in [0.29, 0.717) is 19.5 Å². The highest BCUT2D eigenvalue weighted by atomic mass is 16.4. The monoisotopic (exact) mass is 268 g/mol. The van der Waals surface area contributed by atoms with Gasteiger partial charge in [-0.25, -0.2) is 4.79 Å². The van der Waals surface area contributed by atoms with Crippen LogP contribution in [0.3, 0.4) is 0 Å². The molecule has 0 aromatic carbocycles. The van der Waals surface area contributed by atoms with E-state index in [1.165, 1.54) is 4.90 Å². The fraction of sp³-hybridized carbons (Fsp3) is 0.583. The Morgan fingerprint density at radius 1 is 1.53 bits per heavy atom. The van der Waals surface area contributed by atoms with Crippen LogP contribution < -0.4 is 5.32 Å². The van der Waals surface area contributed by atoms with Crippen LogP contribution in [0, 0.1) is 0 Å². The van der Waals surface area contributed by atoms with Crippen LogP contribution in [0.15, 0.2) is 12.4 Å². The first-order valence-corrected chi connectivity index (χ1v) is 6.17. The molecule has 1 aromatic heterocycles. The molecule has 7 heteroatoms. The van der Waals surface area contributed by atoms with Gasteiger partial charge in [0.15, 0.2) is 0 Å². The first-order valence-electron chi connectivity index (χ1n) is 6.17. The first-order chi connectivity index (χ1) is 8.99. The number of hydrogen-bond donors (Lipinski definition) is 2. The Morgan fingerprint density at radius 3 is 2.84 bits per heavy atom. The van der Waals surface area contributed by atoms with Crippen LogP contribution in [0.4, 0.5) is 4.79 Å². The van der Waals surface area contributed by atoms with Crippen molar-refractivity contribution in [2.45, 2.75) is 19.3 Å². The SMILES string of the molecule is CN(CCCC(=O)O)C(=O)NCCc1cnn(C)c1. The fourth-order valence-corrected chi connectivity index (χ4v) is 1.62. The molecule has 0 spiro atoms. The van der Waals surface area contributed by atoms with Gasteiger partial charge in [0.1, 0.15) is 0 Å². The molecule has 0 atom stereocenters. The quantitative estimate of drug-likeness (QED) is 0.752. The molecule has 2 N–H and O–H groups in total. The van der Waals surface area contributed by atoms with Crippen molar-refractivity contribution >= 4 is 12.0 Å². The summed E-state index contributed by atoms with van der Waals surface area (Å²) in [5, 5.41) is 15.3. The Balaban J connectivity index is 2.17. The fourth-order valence-electron chi connectivity index (χ4n) is 1.62. The van der Waals surface area contributed by atoms with Gasteiger partial charge in [-0.05, 0) is 18.4 Å². The largest absolute Gasteiger partial charge is 0.481 e. The summed E-state index contributed by atoms with van der Waals surface area (Å²) in [6.07, 6.45) is 4.93. The standard InChI is InChI=1S/C12H20N4O3/c1-15(7-3-4-11(17)18)12(19)13-6-5-10-8-14-16(2)9-10/h8-9H,3-7H2,1-2H3,(H,13,19)(H,17,18). The lowest BCUT2D eigenvalue weighted by Gasteiger charge is -2.17. The maximum atomic E-state index is 11.7. The zero-order valence-electron chi connectivity index (χ0n) is 11.3. The van der Waals surface area contributed by atoms with Gasteiger partial charge in [-0.15, -0.1) is 0 Å². The lowest BCUT2D eigenvalue weighted by atomic mass is 10.2. The van der Waals surface area contributed by atoms with Crippen molar-refractivity contribution in [3.05, 3.63) is 18.0 Å². The number of carbonyl (C=O) groups excluding carboxylic acids is 1. The Kier molecular flexibility index (Phi) is 5.84. The summed E-state index contributed by atoms with van der Waals surface area (Å²) in [6.45, 7) is 0.971. The van der Waals surface area contributed by atoms with Crippen LogP contribution in [-0.2, 0) is 18.3 Å². The highest BCUT2D eigenvalue weighted by Gasteiger charge is 2.08. The highest BCUT2D eigenvalue weighted by molar-refractivity contribution is 5.73. The number of rotatable bonds is 7. The van der Waals surface area contributed by atoms with Crippen molar-refractivity contribution < 1.29 is 14.7 Å². The molecule has 0 saturated heterocycles. The molecule has 106 valence electrons. The highest BCUT2D eigenvalue weighted by Crippen LogP contribution is 1.97. The molecule has 19 heavy (non-hydrogen) atoms. The lowest BCUT2D eigenvalue weighted by Crippen LogP contribution is -2.38. The van der Waals surface area contributed by atoms with Crippen molar-refractivity contribution in [2.24, 2.45) is 7.05 Å². The minimum Gasteiger partial charge on any atom is -0.481 e. The van der Waals surface area contributed by atoms with Gasteiger partial charge in [-0.1, -0.05) is 0 Å². The summed E-state index contributed by atoms with van der Waals surface area (Å²) in [5.41, 5.74) is 1.07. The van der Waals surface area contributed by atoms with Gasteiger partial charge in [-0.3, -0.25) is 9.48 Å². The van der Waals surface area contributed by atoms with E-state index in [4.69, 9.17) is 5.11 Å².